The lowest BCUT2D eigenvalue weighted by Crippen LogP contribution is -2.32. The predicted octanol–water partition coefficient (Wildman–Crippen LogP) is 1.91. The average Bonchev–Trinajstić information content (AvgIpc) is 2.79. The molecule has 0 atom stereocenters. The molecular formula is C21H23N3O6S. The second-order valence-electron chi connectivity index (χ2n) is 6.42. The van der Waals surface area contributed by atoms with Gasteiger partial charge in [-0.25, -0.2) is 17.8 Å². The third-order valence-corrected chi connectivity index (χ3v) is 5.99. The number of rotatable bonds is 9. The molecule has 3 aromatic rings. The van der Waals surface area contributed by atoms with Crippen LogP contribution in [0, 0.1) is 0 Å². The van der Waals surface area contributed by atoms with Crippen LogP contribution in [0.4, 0.5) is 0 Å². The largest absolute Gasteiger partial charge is 0.497 e. The first-order valence-corrected chi connectivity index (χ1v) is 10.8. The van der Waals surface area contributed by atoms with Crippen molar-refractivity contribution in [3.05, 3.63) is 65.0 Å². The van der Waals surface area contributed by atoms with E-state index in [1.807, 2.05) is 12.1 Å². The maximum Gasteiger partial charge on any atom is 0.266 e. The maximum atomic E-state index is 12.6. The topological polar surface area (TPSA) is 109 Å². The van der Waals surface area contributed by atoms with Crippen LogP contribution in [0.1, 0.15) is 0 Å². The van der Waals surface area contributed by atoms with Gasteiger partial charge in [0.1, 0.15) is 5.75 Å². The molecule has 10 heteroatoms. The predicted molar refractivity (Wildman–Crippen MR) is 115 cm³/mol. The van der Waals surface area contributed by atoms with E-state index in [9.17, 15) is 13.2 Å². The highest BCUT2D eigenvalue weighted by Gasteiger charge is 2.17. The van der Waals surface area contributed by atoms with E-state index in [-0.39, 0.29) is 23.5 Å². The van der Waals surface area contributed by atoms with E-state index < -0.39 is 10.0 Å². The lowest BCUT2D eigenvalue weighted by molar-refractivity contribution is 0.354. The van der Waals surface area contributed by atoms with Crippen LogP contribution in [0.15, 0.2) is 64.3 Å². The highest BCUT2D eigenvalue weighted by atomic mass is 32.2. The molecule has 0 spiro atoms. The van der Waals surface area contributed by atoms with E-state index in [4.69, 9.17) is 14.2 Å². The monoisotopic (exact) mass is 445 g/mol. The van der Waals surface area contributed by atoms with Crippen molar-refractivity contribution in [3.8, 4) is 28.5 Å². The van der Waals surface area contributed by atoms with Crippen molar-refractivity contribution < 1.29 is 22.6 Å². The van der Waals surface area contributed by atoms with Crippen molar-refractivity contribution in [1.29, 1.82) is 0 Å². The molecule has 1 heterocycles. The maximum absolute atomic E-state index is 12.6. The van der Waals surface area contributed by atoms with Crippen LogP contribution in [-0.4, -0.2) is 46.1 Å². The molecule has 0 unspecified atom stereocenters. The van der Waals surface area contributed by atoms with Crippen molar-refractivity contribution in [3.63, 3.8) is 0 Å². The summed E-state index contributed by atoms with van der Waals surface area (Å²) in [5, 5.41) is 4.33. The molecule has 0 aliphatic heterocycles. The smallest absolute Gasteiger partial charge is 0.266 e. The number of benzene rings is 2. The van der Waals surface area contributed by atoms with Crippen molar-refractivity contribution in [2.24, 2.45) is 0 Å². The number of ether oxygens (including phenoxy) is 3. The van der Waals surface area contributed by atoms with Crippen LogP contribution in [-0.2, 0) is 16.6 Å². The Morgan fingerprint density at radius 3 is 2.26 bits per heavy atom. The number of sulfonamides is 1. The van der Waals surface area contributed by atoms with Crippen LogP contribution in [0.25, 0.3) is 11.3 Å². The number of hydrogen-bond acceptors (Lipinski definition) is 7. The molecule has 0 amide bonds. The number of methoxy groups -OCH3 is 3. The minimum Gasteiger partial charge on any atom is -0.497 e. The van der Waals surface area contributed by atoms with E-state index in [1.165, 1.54) is 43.2 Å². The van der Waals surface area contributed by atoms with Gasteiger partial charge in [-0.2, -0.15) is 5.10 Å². The third-order valence-electron chi connectivity index (χ3n) is 4.53. The quantitative estimate of drug-likeness (QED) is 0.536. The molecule has 31 heavy (non-hydrogen) atoms. The molecule has 0 radical (unpaired) electrons. The summed E-state index contributed by atoms with van der Waals surface area (Å²) in [6.07, 6.45) is 0. The molecule has 3 rings (SSSR count). The summed E-state index contributed by atoms with van der Waals surface area (Å²) in [4.78, 5) is 12.2. The van der Waals surface area contributed by atoms with Crippen LogP contribution in [0.5, 0.6) is 17.2 Å². The van der Waals surface area contributed by atoms with E-state index in [2.05, 4.69) is 9.82 Å². The highest BCUT2D eigenvalue weighted by Crippen LogP contribution is 2.29. The molecule has 0 aliphatic carbocycles. The van der Waals surface area contributed by atoms with E-state index in [1.54, 1.807) is 25.3 Å². The Morgan fingerprint density at radius 2 is 1.61 bits per heavy atom. The van der Waals surface area contributed by atoms with Crippen molar-refractivity contribution in [2.45, 2.75) is 11.4 Å². The summed E-state index contributed by atoms with van der Waals surface area (Å²) < 4.78 is 44.3. The standard InChI is InChI=1S/C21H23N3O6S/c1-28-16-6-4-15(5-7-16)18-9-11-21(25)24(23-18)13-12-22-31(26,27)17-8-10-19(29-2)20(14-17)30-3/h4-11,14,22H,12-13H2,1-3H3. The number of hydrogen-bond donors (Lipinski definition) is 1. The molecule has 1 N–H and O–H groups in total. The first-order chi connectivity index (χ1) is 14.9. The SMILES string of the molecule is COc1ccc(-c2ccc(=O)n(CCNS(=O)(=O)c3ccc(OC)c(OC)c3)n2)cc1. The van der Waals surface area contributed by atoms with Gasteiger partial charge in [0.2, 0.25) is 10.0 Å². The molecule has 9 nitrogen and oxygen atoms in total. The van der Waals surface area contributed by atoms with Gasteiger partial charge in [-0.05, 0) is 42.5 Å². The minimum atomic E-state index is -3.81. The van der Waals surface area contributed by atoms with Crippen molar-refractivity contribution >= 4 is 10.0 Å². The Hall–Kier alpha value is -3.37. The molecule has 0 saturated heterocycles. The summed E-state index contributed by atoms with van der Waals surface area (Å²) in [6, 6.07) is 14.6. The second-order valence-corrected chi connectivity index (χ2v) is 8.19. The van der Waals surface area contributed by atoms with Gasteiger partial charge in [0.15, 0.2) is 11.5 Å². The fourth-order valence-electron chi connectivity index (χ4n) is 2.88. The van der Waals surface area contributed by atoms with Crippen LogP contribution in [0.3, 0.4) is 0 Å². The van der Waals surface area contributed by atoms with Gasteiger partial charge in [0.25, 0.3) is 5.56 Å². The fourth-order valence-corrected chi connectivity index (χ4v) is 3.91. The first-order valence-electron chi connectivity index (χ1n) is 9.32. The first kappa shape index (κ1) is 22.3. The molecule has 0 aliphatic rings. The van der Waals surface area contributed by atoms with Crippen molar-refractivity contribution in [1.82, 2.24) is 14.5 Å². The average molecular weight is 445 g/mol. The Balaban J connectivity index is 1.73. The zero-order chi connectivity index (χ0) is 22.4. The molecule has 0 saturated carbocycles. The second kappa shape index (κ2) is 9.63. The molecule has 0 fully saturated rings. The van der Waals surface area contributed by atoms with Gasteiger partial charge < -0.3 is 14.2 Å². The molecule has 1 aromatic heterocycles. The van der Waals surface area contributed by atoms with Gasteiger partial charge in [0.05, 0.1) is 38.5 Å². The molecule has 2 aromatic carbocycles. The summed E-state index contributed by atoms with van der Waals surface area (Å²) in [7, 11) is 0.660. The Morgan fingerprint density at radius 1 is 0.903 bits per heavy atom. The molecular weight excluding hydrogens is 422 g/mol. The van der Waals surface area contributed by atoms with E-state index >= 15 is 0 Å². The highest BCUT2D eigenvalue weighted by molar-refractivity contribution is 7.89. The summed E-state index contributed by atoms with van der Waals surface area (Å²) >= 11 is 0. The zero-order valence-electron chi connectivity index (χ0n) is 17.4. The van der Waals surface area contributed by atoms with Crippen LogP contribution in [0.2, 0.25) is 0 Å². The van der Waals surface area contributed by atoms with E-state index in [0.717, 1.165) is 5.56 Å². The zero-order valence-corrected chi connectivity index (χ0v) is 18.2. The minimum absolute atomic E-state index is 0.0182. The number of nitrogens with zero attached hydrogens (tertiary/aromatic N) is 2. The Bertz CT molecular complexity index is 1210. The Kier molecular flexibility index (Phi) is 6.93. The van der Waals surface area contributed by atoms with Gasteiger partial charge >= 0.3 is 0 Å². The lowest BCUT2D eigenvalue weighted by Gasteiger charge is -2.12. The van der Waals surface area contributed by atoms with Crippen LogP contribution < -0.4 is 24.5 Å². The molecule has 164 valence electrons. The van der Waals surface area contributed by atoms with Gasteiger partial charge in [-0.1, -0.05) is 0 Å². The summed E-state index contributed by atoms with van der Waals surface area (Å²) in [6.45, 7) is 0.0466. The summed E-state index contributed by atoms with van der Waals surface area (Å²) in [5.41, 5.74) is 1.06. The fraction of sp³-hybridized carbons (Fsp3) is 0.238. The lowest BCUT2D eigenvalue weighted by atomic mass is 10.1. The normalized spacial score (nSPS) is 11.2. The van der Waals surface area contributed by atoms with E-state index in [0.29, 0.717) is 22.9 Å². The van der Waals surface area contributed by atoms with Gasteiger partial charge in [-0.3, -0.25) is 4.79 Å². The van der Waals surface area contributed by atoms with Gasteiger partial charge in [0, 0.05) is 24.2 Å². The van der Waals surface area contributed by atoms with Crippen molar-refractivity contribution in [2.75, 3.05) is 27.9 Å². The Labute approximate surface area is 180 Å². The summed E-state index contributed by atoms with van der Waals surface area (Å²) in [5.74, 6) is 1.43. The number of aromatic nitrogens is 2. The molecule has 0 bridgehead atoms. The third kappa shape index (κ3) is 5.22. The van der Waals surface area contributed by atoms with Crippen LogP contribution >= 0.6 is 0 Å². The number of nitrogens with one attached hydrogen (secondary N) is 1. The van der Waals surface area contributed by atoms with Gasteiger partial charge in [-0.15, -0.1) is 0 Å².